The molecule has 0 radical (unpaired) electrons. The molecule has 114 valence electrons. The molecule has 21 heavy (non-hydrogen) atoms. The molecule has 0 fully saturated rings. The molecular weight excluding hydrogens is 286 g/mol. The zero-order valence-corrected chi connectivity index (χ0v) is 11.0. The summed E-state index contributed by atoms with van der Waals surface area (Å²) in [6, 6.07) is 1.28. The molecule has 0 atom stereocenters. The summed E-state index contributed by atoms with van der Waals surface area (Å²) < 4.78 is 26.7. The van der Waals surface area contributed by atoms with E-state index in [1.807, 2.05) is 0 Å². The maximum atomic E-state index is 13.5. The molecule has 1 rings (SSSR count). The molecular formula is C13H14F2N2O4. The zero-order valence-electron chi connectivity index (χ0n) is 11.0. The molecule has 0 heterocycles. The molecule has 0 spiro atoms. The highest BCUT2D eigenvalue weighted by Crippen LogP contribution is 2.19. The number of primary amides is 1. The Hall–Kier alpha value is -2.51. The number of unbranched alkanes of at least 4 members (excludes halogenated alkanes) is 1. The molecule has 1 aromatic rings. The molecule has 4 N–H and O–H groups in total. The van der Waals surface area contributed by atoms with Gasteiger partial charge in [0, 0.05) is 18.9 Å². The van der Waals surface area contributed by atoms with Crippen molar-refractivity contribution in [1.29, 1.82) is 0 Å². The molecule has 0 bridgehead atoms. The minimum absolute atomic E-state index is 0.0179. The molecule has 0 unspecified atom stereocenters. The van der Waals surface area contributed by atoms with Crippen molar-refractivity contribution in [3.8, 4) is 0 Å². The predicted molar refractivity (Wildman–Crippen MR) is 69.6 cm³/mol. The van der Waals surface area contributed by atoms with E-state index in [1.165, 1.54) is 0 Å². The summed E-state index contributed by atoms with van der Waals surface area (Å²) in [6.45, 7) is 0. The topological polar surface area (TPSA) is 109 Å². The first kappa shape index (κ1) is 16.5. The van der Waals surface area contributed by atoms with Crippen molar-refractivity contribution >= 4 is 23.5 Å². The van der Waals surface area contributed by atoms with Crippen molar-refractivity contribution in [3.05, 3.63) is 29.3 Å². The number of carboxylic acid groups (broad SMARTS) is 1. The Labute approximate surface area is 118 Å². The summed E-state index contributed by atoms with van der Waals surface area (Å²) in [6.07, 6.45) is 0.533. The quantitative estimate of drug-likeness (QED) is 0.665. The third-order valence-corrected chi connectivity index (χ3v) is 2.64. The van der Waals surface area contributed by atoms with Gasteiger partial charge in [0.05, 0.1) is 11.3 Å². The lowest BCUT2D eigenvalue weighted by Gasteiger charge is -2.08. The number of rotatable bonds is 7. The van der Waals surface area contributed by atoms with E-state index in [4.69, 9.17) is 10.8 Å². The highest BCUT2D eigenvalue weighted by Gasteiger charge is 2.15. The first-order valence-corrected chi connectivity index (χ1v) is 6.11. The van der Waals surface area contributed by atoms with Crippen LogP contribution in [0.3, 0.4) is 0 Å². The van der Waals surface area contributed by atoms with Gasteiger partial charge in [0.1, 0.15) is 11.6 Å². The van der Waals surface area contributed by atoms with E-state index in [0.29, 0.717) is 18.9 Å². The smallest absolute Gasteiger partial charge is 0.303 e. The summed E-state index contributed by atoms with van der Waals surface area (Å²) in [4.78, 5) is 32.8. The maximum Gasteiger partial charge on any atom is 0.303 e. The van der Waals surface area contributed by atoms with Gasteiger partial charge in [-0.25, -0.2) is 8.78 Å². The van der Waals surface area contributed by atoms with Gasteiger partial charge in [-0.05, 0) is 18.9 Å². The largest absolute Gasteiger partial charge is 0.481 e. The SMILES string of the molecule is NC(=O)c1cc(NC(=O)CCCCC(=O)O)c(F)cc1F. The third-order valence-electron chi connectivity index (χ3n) is 2.64. The maximum absolute atomic E-state index is 13.5. The van der Waals surface area contributed by atoms with E-state index >= 15 is 0 Å². The first-order valence-electron chi connectivity index (χ1n) is 6.11. The van der Waals surface area contributed by atoms with Gasteiger partial charge in [-0.2, -0.15) is 0 Å². The Bertz CT molecular complexity index is 576. The Morgan fingerprint density at radius 3 is 2.29 bits per heavy atom. The van der Waals surface area contributed by atoms with E-state index in [1.54, 1.807) is 0 Å². The highest BCUT2D eigenvalue weighted by atomic mass is 19.1. The number of benzene rings is 1. The van der Waals surface area contributed by atoms with Gasteiger partial charge in [0.25, 0.3) is 5.91 Å². The van der Waals surface area contributed by atoms with E-state index in [9.17, 15) is 23.2 Å². The molecule has 0 aliphatic heterocycles. The number of aliphatic carboxylic acids is 1. The summed E-state index contributed by atoms with van der Waals surface area (Å²) >= 11 is 0. The fourth-order valence-electron chi connectivity index (χ4n) is 1.61. The van der Waals surface area contributed by atoms with Crippen molar-refractivity contribution in [2.45, 2.75) is 25.7 Å². The lowest BCUT2D eigenvalue weighted by atomic mass is 10.1. The van der Waals surface area contributed by atoms with Crippen molar-refractivity contribution in [1.82, 2.24) is 0 Å². The molecule has 0 aliphatic carbocycles. The standard InChI is InChI=1S/C13H14F2N2O4/c14-8-6-9(15)10(5-7(8)13(16)21)17-11(18)3-1-2-4-12(19)20/h5-6H,1-4H2,(H2,16,21)(H,17,18)(H,19,20). The fourth-order valence-corrected chi connectivity index (χ4v) is 1.61. The molecule has 6 nitrogen and oxygen atoms in total. The summed E-state index contributed by atoms with van der Waals surface area (Å²) in [7, 11) is 0. The van der Waals surface area contributed by atoms with Crippen LogP contribution in [0, 0.1) is 11.6 Å². The van der Waals surface area contributed by atoms with Gasteiger partial charge in [0.2, 0.25) is 5.91 Å². The third kappa shape index (κ3) is 5.17. The van der Waals surface area contributed by atoms with Crippen molar-refractivity contribution in [3.63, 3.8) is 0 Å². The van der Waals surface area contributed by atoms with Gasteiger partial charge in [-0.3, -0.25) is 14.4 Å². The van der Waals surface area contributed by atoms with E-state index < -0.39 is 35.0 Å². The van der Waals surface area contributed by atoms with Gasteiger partial charge in [-0.15, -0.1) is 0 Å². The molecule has 0 aromatic heterocycles. The molecule has 8 heteroatoms. The number of carboxylic acids is 1. The summed E-state index contributed by atoms with van der Waals surface area (Å²) in [5, 5.41) is 10.6. The number of nitrogens with one attached hydrogen (secondary N) is 1. The fraction of sp³-hybridized carbons (Fsp3) is 0.308. The second-order valence-electron chi connectivity index (χ2n) is 4.33. The Kier molecular flexibility index (Phi) is 5.77. The molecule has 1 aromatic carbocycles. The zero-order chi connectivity index (χ0) is 16.0. The Balaban J connectivity index is 2.65. The Morgan fingerprint density at radius 1 is 1.10 bits per heavy atom. The summed E-state index contributed by atoms with van der Waals surface area (Å²) in [5.41, 5.74) is 4.04. The molecule has 0 saturated carbocycles. The van der Waals surface area contributed by atoms with Crippen LogP contribution in [0.2, 0.25) is 0 Å². The van der Waals surface area contributed by atoms with Crippen LogP contribution in [-0.4, -0.2) is 22.9 Å². The van der Waals surface area contributed by atoms with Crippen molar-refractivity contribution in [2.75, 3.05) is 5.32 Å². The number of hydrogen-bond acceptors (Lipinski definition) is 3. The van der Waals surface area contributed by atoms with Crippen LogP contribution in [0.25, 0.3) is 0 Å². The number of hydrogen-bond donors (Lipinski definition) is 3. The highest BCUT2D eigenvalue weighted by molar-refractivity contribution is 5.96. The Morgan fingerprint density at radius 2 is 1.71 bits per heavy atom. The van der Waals surface area contributed by atoms with Crippen LogP contribution in [0.5, 0.6) is 0 Å². The second kappa shape index (κ2) is 7.32. The second-order valence-corrected chi connectivity index (χ2v) is 4.33. The monoisotopic (exact) mass is 300 g/mol. The van der Waals surface area contributed by atoms with E-state index in [0.717, 1.165) is 6.07 Å². The minimum Gasteiger partial charge on any atom is -0.481 e. The van der Waals surface area contributed by atoms with Gasteiger partial charge < -0.3 is 16.2 Å². The average Bonchev–Trinajstić information content (AvgIpc) is 2.37. The average molecular weight is 300 g/mol. The number of carbonyl (C=O) groups excluding carboxylic acids is 2. The van der Waals surface area contributed by atoms with Crippen LogP contribution < -0.4 is 11.1 Å². The lowest BCUT2D eigenvalue weighted by molar-refractivity contribution is -0.137. The molecule has 0 saturated heterocycles. The van der Waals surface area contributed by atoms with E-state index in [-0.39, 0.29) is 18.5 Å². The molecule has 0 aliphatic rings. The van der Waals surface area contributed by atoms with Crippen LogP contribution in [0.4, 0.5) is 14.5 Å². The van der Waals surface area contributed by atoms with Crippen LogP contribution in [0.1, 0.15) is 36.0 Å². The van der Waals surface area contributed by atoms with Gasteiger partial charge in [0.15, 0.2) is 0 Å². The number of nitrogens with two attached hydrogens (primary N) is 1. The van der Waals surface area contributed by atoms with Gasteiger partial charge >= 0.3 is 5.97 Å². The number of amides is 2. The van der Waals surface area contributed by atoms with E-state index in [2.05, 4.69) is 5.32 Å². The van der Waals surface area contributed by atoms with Crippen LogP contribution in [0.15, 0.2) is 12.1 Å². The number of halogens is 2. The lowest BCUT2D eigenvalue weighted by Crippen LogP contribution is -2.17. The van der Waals surface area contributed by atoms with Gasteiger partial charge in [-0.1, -0.05) is 0 Å². The normalized spacial score (nSPS) is 10.2. The minimum atomic E-state index is -1.11. The number of anilines is 1. The molecule has 2 amide bonds. The first-order chi connectivity index (χ1) is 9.81. The van der Waals surface area contributed by atoms with Crippen LogP contribution >= 0.6 is 0 Å². The van der Waals surface area contributed by atoms with Crippen molar-refractivity contribution in [2.24, 2.45) is 5.73 Å². The summed E-state index contributed by atoms with van der Waals surface area (Å²) in [5.74, 6) is -4.76. The number of carbonyl (C=O) groups is 3. The predicted octanol–water partition coefficient (Wildman–Crippen LogP) is 1.65. The van der Waals surface area contributed by atoms with Crippen molar-refractivity contribution < 1.29 is 28.3 Å². The van der Waals surface area contributed by atoms with Crippen LogP contribution in [-0.2, 0) is 9.59 Å².